The summed E-state index contributed by atoms with van der Waals surface area (Å²) in [5, 5.41) is 9.87. The van der Waals surface area contributed by atoms with Crippen LogP contribution in [-0.4, -0.2) is 25.1 Å². The molecular formula is C21H14FN5OS2. The monoisotopic (exact) mass is 435 g/mol. The van der Waals surface area contributed by atoms with E-state index in [4.69, 9.17) is 0 Å². The third-order valence-electron chi connectivity index (χ3n) is 4.51. The van der Waals surface area contributed by atoms with Crippen LogP contribution in [0.3, 0.4) is 0 Å². The number of rotatable bonds is 5. The Morgan fingerprint density at radius 2 is 1.80 bits per heavy atom. The van der Waals surface area contributed by atoms with Gasteiger partial charge in [0.25, 0.3) is 5.56 Å². The molecule has 0 spiro atoms. The van der Waals surface area contributed by atoms with Gasteiger partial charge in [-0.05, 0) is 17.7 Å². The van der Waals surface area contributed by atoms with Crippen molar-refractivity contribution >= 4 is 33.3 Å². The van der Waals surface area contributed by atoms with Crippen molar-refractivity contribution in [3.05, 3.63) is 82.0 Å². The van der Waals surface area contributed by atoms with Crippen LogP contribution in [0.5, 0.6) is 0 Å². The van der Waals surface area contributed by atoms with Gasteiger partial charge >= 0.3 is 0 Å². The molecule has 0 radical (unpaired) electrons. The van der Waals surface area contributed by atoms with Crippen LogP contribution in [-0.2, 0) is 5.75 Å². The molecule has 0 aliphatic rings. The lowest BCUT2D eigenvalue weighted by Gasteiger charge is -2.01. The summed E-state index contributed by atoms with van der Waals surface area (Å²) in [5.74, 6) is 0.918. The first-order valence-electron chi connectivity index (χ1n) is 9.05. The topological polar surface area (TPSA) is 87.3 Å². The van der Waals surface area contributed by atoms with Gasteiger partial charge in [-0.1, -0.05) is 54.2 Å². The molecule has 0 fully saturated rings. The molecule has 3 aromatic heterocycles. The van der Waals surface area contributed by atoms with Crippen LogP contribution in [0.25, 0.3) is 32.7 Å². The number of H-pyrrole nitrogens is 2. The molecule has 5 aromatic rings. The number of aromatic amines is 2. The highest BCUT2D eigenvalue weighted by Gasteiger charge is 2.14. The highest BCUT2D eigenvalue weighted by atomic mass is 32.2. The number of hydrogen-bond acceptors (Lipinski definition) is 6. The molecule has 30 heavy (non-hydrogen) atoms. The van der Waals surface area contributed by atoms with Crippen molar-refractivity contribution in [2.24, 2.45) is 0 Å². The second-order valence-electron chi connectivity index (χ2n) is 6.44. The van der Waals surface area contributed by atoms with Crippen molar-refractivity contribution < 1.29 is 4.39 Å². The molecule has 9 heteroatoms. The zero-order chi connectivity index (χ0) is 20.5. The van der Waals surface area contributed by atoms with Crippen molar-refractivity contribution in [3.63, 3.8) is 0 Å². The summed E-state index contributed by atoms with van der Waals surface area (Å²) in [6, 6.07) is 16.1. The van der Waals surface area contributed by atoms with Gasteiger partial charge in [-0.25, -0.2) is 14.4 Å². The standard InChI is InChI=1S/C21H14FN5OS2/c22-15-9-5-4-8-13(15)18-25-21(27-26-18)30-11-16-23-19(28)17-14(10-29-20(17)24-16)12-6-2-1-3-7-12/h1-10H,11H2,(H,23,24,28)(H,25,26,27). The van der Waals surface area contributed by atoms with Crippen LogP contribution in [0.2, 0.25) is 0 Å². The van der Waals surface area contributed by atoms with Crippen LogP contribution in [0.4, 0.5) is 4.39 Å². The van der Waals surface area contributed by atoms with E-state index in [0.717, 1.165) is 11.1 Å². The van der Waals surface area contributed by atoms with Crippen LogP contribution >= 0.6 is 23.1 Å². The Morgan fingerprint density at radius 3 is 2.63 bits per heavy atom. The maximum atomic E-state index is 13.9. The fourth-order valence-electron chi connectivity index (χ4n) is 3.11. The number of nitrogens with one attached hydrogen (secondary N) is 2. The molecule has 3 heterocycles. The molecule has 0 amide bonds. The molecular weight excluding hydrogens is 421 g/mol. The number of halogens is 1. The van der Waals surface area contributed by atoms with Gasteiger partial charge in [0.2, 0.25) is 5.16 Å². The number of fused-ring (bicyclic) bond motifs is 1. The fraction of sp³-hybridized carbons (Fsp3) is 0.0476. The van der Waals surface area contributed by atoms with Crippen LogP contribution in [0.15, 0.2) is 69.9 Å². The van der Waals surface area contributed by atoms with Crippen LogP contribution in [0.1, 0.15) is 5.82 Å². The van der Waals surface area contributed by atoms with Gasteiger partial charge in [0.05, 0.1) is 16.7 Å². The van der Waals surface area contributed by atoms with Crippen molar-refractivity contribution in [3.8, 4) is 22.5 Å². The molecule has 148 valence electrons. The Kier molecular flexibility index (Phi) is 4.89. The smallest absolute Gasteiger partial charge is 0.260 e. The molecule has 0 saturated heterocycles. The maximum absolute atomic E-state index is 13.9. The Balaban J connectivity index is 1.38. The van der Waals surface area contributed by atoms with Gasteiger partial charge in [-0.2, -0.15) is 0 Å². The number of benzene rings is 2. The average Bonchev–Trinajstić information content (AvgIpc) is 3.41. The molecule has 0 saturated carbocycles. The van der Waals surface area contributed by atoms with Gasteiger partial charge in [-0.15, -0.1) is 16.4 Å². The first kappa shape index (κ1) is 18.7. The van der Waals surface area contributed by atoms with E-state index < -0.39 is 0 Å². The van der Waals surface area contributed by atoms with E-state index in [0.29, 0.717) is 38.3 Å². The highest BCUT2D eigenvalue weighted by Crippen LogP contribution is 2.31. The Morgan fingerprint density at radius 1 is 1.00 bits per heavy atom. The number of hydrogen-bond donors (Lipinski definition) is 2. The van der Waals surface area contributed by atoms with Crippen LogP contribution < -0.4 is 5.56 Å². The second kappa shape index (κ2) is 7.85. The zero-order valence-electron chi connectivity index (χ0n) is 15.4. The van der Waals surface area contributed by atoms with E-state index in [1.54, 1.807) is 18.2 Å². The molecule has 0 atom stereocenters. The lowest BCUT2D eigenvalue weighted by atomic mass is 10.1. The predicted molar refractivity (Wildman–Crippen MR) is 117 cm³/mol. The third kappa shape index (κ3) is 3.53. The van der Waals surface area contributed by atoms with E-state index in [-0.39, 0.29) is 11.4 Å². The van der Waals surface area contributed by atoms with Crippen molar-refractivity contribution in [2.45, 2.75) is 10.9 Å². The summed E-state index contributed by atoms with van der Waals surface area (Å²) in [7, 11) is 0. The molecule has 0 aliphatic carbocycles. The van der Waals surface area contributed by atoms with E-state index in [1.165, 1.54) is 29.2 Å². The van der Waals surface area contributed by atoms with Gasteiger partial charge < -0.3 is 4.98 Å². The van der Waals surface area contributed by atoms with Crippen LogP contribution in [0, 0.1) is 5.82 Å². The van der Waals surface area contributed by atoms with Crippen molar-refractivity contribution in [2.75, 3.05) is 0 Å². The Hall–Kier alpha value is -3.30. The lowest BCUT2D eigenvalue weighted by Crippen LogP contribution is -2.10. The minimum atomic E-state index is -0.367. The van der Waals surface area contributed by atoms with E-state index in [9.17, 15) is 9.18 Å². The van der Waals surface area contributed by atoms with Gasteiger partial charge in [-0.3, -0.25) is 9.89 Å². The SMILES string of the molecule is O=c1[nH]c(CSc2n[nH]c(-c3ccccc3F)n2)nc2scc(-c3ccccc3)c12. The minimum Gasteiger partial charge on any atom is -0.309 e. The van der Waals surface area contributed by atoms with Gasteiger partial charge in [0.1, 0.15) is 16.5 Å². The summed E-state index contributed by atoms with van der Waals surface area (Å²) >= 11 is 2.75. The van der Waals surface area contributed by atoms with E-state index in [2.05, 4.69) is 25.1 Å². The molecule has 2 aromatic carbocycles. The summed E-state index contributed by atoms with van der Waals surface area (Å²) in [4.78, 5) is 25.2. The van der Waals surface area contributed by atoms with E-state index >= 15 is 0 Å². The quantitative estimate of drug-likeness (QED) is 0.385. The van der Waals surface area contributed by atoms with Gasteiger partial charge in [0, 0.05) is 10.9 Å². The number of nitrogens with zero attached hydrogens (tertiary/aromatic N) is 3. The lowest BCUT2D eigenvalue weighted by molar-refractivity contribution is 0.630. The molecule has 0 unspecified atom stereocenters. The van der Waals surface area contributed by atoms with E-state index in [1.807, 2.05) is 35.7 Å². The predicted octanol–water partition coefficient (Wildman–Crippen LogP) is 4.87. The Bertz CT molecular complexity index is 1390. The summed E-state index contributed by atoms with van der Waals surface area (Å²) in [6.45, 7) is 0. The first-order chi connectivity index (χ1) is 14.7. The number of thioether (sulfide) groups is 1. The zero-order valence-corrected chi connectivity index (χ0v) is 17.1. The highest BCUT2D eigenvalue weighted by molar-refractivity contribution is 7.98. The average molecular weight is 436 g/mol. The fourth-order valence-corrected chi connectivity index (χ4v) is 4.74. The summed E-state index contributed by atoms with van der Waals surface area (Å²) in [5.41, 5.74) is 2.06. The van der Waals surface area contributed by atoms with Crippen molar-refractivity contribution in [1.29, 1.82) is 0 Å². The maximum Gasteiger partial charge on any atom is 0.260 e. The Labute approximate surface area is 178 Å². The summed E-state index contributed by atoms with van der Waals surface area (Å²) < 4.78 is 13.9. The van der Waals surface area contributed by atoms with Crippen molar-refractivity contribution in [1.82, 2.24) is 25.1 Å². The number of aromatic nitrogens is 5. The summed E-state index contributed by atoms with van der Waals surface area (Å²) in [6.07, 6.45) is 0. The largest absolute Gasteiger partial charge is 0.309 e. The molecule has 0 bridgehead atoms. The molecule has 2 N–H and O–H groups in total. The molecule has 6 nitrogen and oxygen atoms in total. The second-order valence-corrected chi connectivity index (χ2v) is 8.24. The normalized spacial score (nSPS) is 11.2. The van der Waals surface area contributed by atoms with Gasteiger partial charge in [0.15, 0.2) is 5.82 Å². The molecule has 5 rings (SSSR count). The minimum absolute atomic E-state index is 0.169. The first-order valence-corrected chi connectivity index (χ1v) is 10.9. The third-order valence-corrected chi connectivity index (χ3v) is 6.24. The number of thiophene rings is 1. The molecule has 0 aliphatic heterocycles.